The highest BCUT2D eigenvalue weighted by molar-refractivity contribution is 7.08. The molecule has 8 heavy (non-hydrogen) atoms. The maximum Gasteiger partial charge on any atom is 0.253 e. The third-order valence-electron chi connectivity index (χ3n) is 0.748. The summed E-state index contributed by atoms with van der Waals surface area (Å²) in [5.74, 6) is 0. The van der Waals surface area contributed by atoms with Crippen molar-refractivity contribution in [3.63, 3.8) is 0 Å². The first-order valence-electron chi connectivity index (χ1n) is 2.03. The van der Waals surface area contributed by atoms with Crippen LogP contribution >= 0.6 is 22.9 Å². The van der Waals surface area contributed by atoms with Crippen molar-refractivity contribution in [2.45, 2.75) is 0 Å². The molecule has 0 bridgehead atoms. The quantitative estimate of drug-likeness (QED) is 0.555. The largest absolute Gasteiger partial charge is 0.276 e. The molecule has 0 fully saturated rings. The molecule has 0 aromatic carbocycles. The van der Waals surface area contributed by atoms with Crippen LogP contribution in [0.1, 0.15) is 10.4 Å². The molecule has 1 heterocycles. The van der Waals surface area contributed by atoms with Crippen LogP contribution in [0.4, 0.5) is 0 Å². The van der Waals surface area contributed by atoms with Crippen molar-refractivity contribution in [3.8, 4) is 0 Å². The molecule has 42 valence electrons. The molecule has 0 radical (unpaired) electrons. The van der Waals surface area contributed by atoms with E-state index in [0.717, 1.165) is 0 Å². The summed E-state index contributed by atoms with van der Waals surface area (Å²) < 4.78 is 0. The SMILES string of the molecule is O=C(Cl)c1ccsc1. The molecule has 0 amide bonds. The van der Waals surface area contributed by atoms with Gasteiger partial charge in [0.05, 0.1) is 0 Å². The number of hydrogen-bond donors (Lipinski definition) is 0. The van der Waals surface area contributed by atoms with E-state index in [-0.39, 0.29) is 5.24 Å². The van der Waals surface area contributed by atoms with E-state index >= 15 is 0 Å². The Hall–Kier alpha value is -0.340. The minimum atomic E-state index is -0.383. The summed E-state index contributed by atoms with van der Waals surface area (Å²) in [4.78, 5) is 10.3. The minimum absolute atomic E-state index is 0.383. The summed E-state index contributed by atoms with van der Waals surface area (Å²) in [6.45, 7) is 0. The first-order valence-corrected chi connectivity index (χ1v) is 3.35. The van der Waals surface area contributed by atoms with Gasteiger partial charge >= 0.3 is 0 Å². The molecule has 3 heteroatoms. The monoisotopic (exact) mass is 146 g/mol. The fraction of sp³-hybridized carbons (Fsp3) is 0. The molecule has 0 atom stereocenters. The fourth-order valence-electron chi connectivity index (χ4n) is 0.376. The molecular weight excluding hydrogens is 144 g/mol. The maximum atomic E-state index is 10.3. The zero-order chi connectivity index (χ0) is 5.98. The van der Waals surface area contributed by atoms with E-state index in [9.17, 15) is 4.79 Å². The third kappa shape index (κ3) is 1.08. The highest BCUT2D eigenvalue weighted by Gasteiger charge is 1.97. The van der Waals surface area contributed by atoms with Crippen LogP contribution in [0.15, 0.2) is 16.8 Å². The van der Waals surface area contributed by atoms with Gasteiger partial charge in [-0.05, 0) is 23.0 Å². The van der Waals surface area contributed by atoms with Gasteiger partial charge in [-0.25, -0.2) is 0 Å². The van der Waals surface area contributed by atoms with E-state index in [4.69, 9.17) is 11.6 Å². The van der Waals surface area contributed by atoms with Crippen molar-refractivity contribution in [1.29, 1.82) is 0 Å². The lowest BCUT2D eigenvalue weighted by Crippen LogP contribution is -1.80. The van der Waals surface area contributed by atoms with Crippen LogP contribution in [0.25, 0.3) is 0 Å². The van der Waals surface area contributed by atoms with Crippen LogP contribution in [-0.2, 0) is 0 Å². The molecule has 0 unspecified atom stereocenters. The van der Waals surface area contributed by atoms with E-state index in [1.54, 1.807) is 11.4 Å². The summed E-state index contributed by atoms with van der Waals surface area (Å²) in [7, 11) is 0. The molecule has 1 aromatic heterocycles. The lowest BCUT2D eigenvalue weighted by Gasteiger charge is -1.76. The second kappa shape index (κ2) is 2.29. The van der Waals surface area contributed by atoms with Crippen LogP contribution in [0.2, 0.25) is 0 Å². The van der Waals surface area contributed by atoms with Crippen LogP contribution < -0.4 is 0 Å². The number of hydrogen-bond acceptors (Lipinski definition) is 2. The lowest BCUT2D eigenvalue weighted by atomic mass is 10.4. The van der Waals surface area contributed by atoms with Gasteiger partial charge in [0.1, 0.15) is 0 Å². The van der Waals surface area contributed by atoms with Crippen molar-refractivity contribution < 1.29 is 4.79 Å². The topological polar surface area (TPSA) is 17.1 Å². The predicted molar refractivity (Wildman–Crippen MR) is 34.5 cm³/mol. The van der Waals surface area contributed by atoms with Gasteiger partial charge < -0.3 is 0 Å². The van der Waals surface area contributed by atoms with Crippen LogP contribution in [-0.4, -0.2) is 5.24 Å². The summed E-state index contributed by atoms with van der Waals surface area (Å²) in [6.07, 6.45) is 0. The van der Waals surface area contributed by atoms with Crippen molar-refractivity contribution in [1.82, 2.24) is 0 Å². The molecule has 1 aromatic rings. The normalized spacial score (nSPS) is 9.12. The lowest BCUT2D eigenvalue weighted by molar-refractivity contribution is 0.108. The molecule has 0 saturated carbocycles. The standard InChI is InChI=1S/C5H3ClOS/c6-5(7)4-1-2-8-3-4/h1-3H. The van der Waals surface area contributed by atoms with Gasteiger partial charge in [0, 0.05) is 10.9 Å². The number of carbonyl (C=O) groups excluding carboxylic acids is 1. The molecule has 1 nitrogen and oxygen atoms in total. The van der Waals surface area contributed by atoms with Crippen molar-refractivity contribution in [2.75, 3.05) is 0 Å². The zero-order valence-corrected chi connectivity index (χ0v) is 5.50. The Balaban J connectivity index is 2.93. The number of rotatable bonds is 1. The Kier molecular flexibility index (Phi) is 1.65. The van der Waals surface area contributed by atoms with E-state index in [1.165, 1.54) is 11.3 Å². The Labute approximate surface area is 55.9 Å². The third-order valence-corrected chi connectivity index (χ3v) is 1.65. The van der Waals surface area contributed by atoms with Gasteiger partial charge in [-0.3, -0.25) is 4.79 Å². The van der Waals surface area contributed by atoms with Gasteiger partial charge in [-0.15, -0.1) is 0 Å². The van der Waals surface area contributed by atoms with E-state index in [0.29, 0.717) is 5.56 Å². The average molecular weight is 147 g/mol. The van der Waals surface area contributed by atoms with Crippen molar-refractivity contribution >= 4 is 28.2 Å². The van der Waals surface area contributed by atoms with Gasteiger partial charge in [-0.1, -0.05) is 0 Å². The highest BCUT2D eigenvalue weighted by Crippen LogP contribution is 2.07. The first kappa shape index (κ1) is 5.79. The second-order valence-electron chi connectivity index (χ2n) is 1.29. The van der Waals surface area contributed by atoms with E-state index in [2.05, 4.69) is 0 Å². The highest BCUT2D eigenvalue weighted by atomic mass is 35.5. The Morgan fingerprint density at radius 1 is 1.75 bits per heavy atom. The predicted octanol–water partition coefficient (Wildman–Crippen LogP) is 2.13. The number of carbonyl (C=O) groups is 1. The summed E-state index contributed by atoms with van der Waals surface area (Å²) in [5, 5.41) is 3.15. The van der Waals surface area contributed by atoms with Crippen LogP contribution in [0, 0.1) is 0 Å². The Morgan fingerprint density at radius 3 is 2.75 bits per heavy atom. The van der Waals surface area contributed by atoms with E-state index in [1.807, 2.05) is 5.38 Å². The molecule has 0 spiro atoms. The number of halogens is 1. The molecule has 0 aliphatic heterocycles. The van der Waals surface area contributed by atoms with Gasteiger partial charge in [0.2, 0.25) is 0 Å². The molecule has 0 aliphatic rings. The molecular formula is C5H3ClOS. The Bertz CT molecular complexity index is 180. The van der Waals surface area contributed by atoms with Gasteiger partial charge in [0.15, 0.2) is 0 Å². The maximum absolute atomic E-state index is 10.3. The second-order valence-corrected chi connectivity index (χ2v) is 2.41. The molecule has 0 N–H and O–H groups in total. The van der Waals surface area contributed by atoms with Crippen LogP contribution in [0.5, 0.6) is 0 Å². The summed E-state index contributed by atoms with van der Waals surface area (Å²) in [5.41, 5.74) is 0.580. The average Bonchev–Trinajstić information content (AvgIpc) is 2.12. The minimum Gasteiger partial charge on any atom is -0.276 e. The molecule has 1 rings (SSSR count). The summed E-state index contributed by atoms with van der Waals surface area (Å²) in [6, 6.07) is 1.69. The smallest absolute Gasteiger partial charge is 0.253 e. The summed E-state index contributed by atoms with van der Waals surface area (Å²) >= 11 is 6.57. The van der Waals surface area contributed by atoms with Crippen molar-refractivity contribution in [2.24, 2.45) is 0 Å². The van der Waals surface area contributed by atoms with E-state index < -0.39 is 0 Å². The van der Waals surface area contributed by atoms with Crippen molar-refractivity contribution in [3.05, 3.63) is 22.4 Å². The van der Waals surface area contributed by atoms with Gasteiger partial charge in [-0.2, -0.15) is 11.3 Å². The first-order chi connectivity index (χ1) is 3.80. The fourth-order valence-corrected chi connectivity index (χ4v) is 1.19. The molecule has 0 aliphatic carbocycles. The molecule has 0 saturated heterocycles. The van der Waals surface area contributed by atoms with Gasteiger partial charge in [0.25, 0.3) is 5.24 Å². The Morgan fingerprint density at radius 2 is 2.50 bits per heavy atom. The van der Waals surface area contributed by atoms with Crippen LogP contribution in [0.3, 0.4) is 0 Å². The zero-order valence-electron chi connectivity index (χ0n) is 3.93. The number of thiophene rings is 1.